The lowest BCUT2D eigenvalue weighted by Crippen LogP contribution is -2.48. The first-order valence-corrected chi connectivity index (χ1v) is 11.0. The molecule has 1 aliphatic heterocycles. The lowest BCUT2D eigenvalue weighted by Gasteiger charge is -2.40. The van der Waals surface area contributed by atoms with Gasteiger partial charge in [-0.1, -0.05) is 12.1 Å². The second-order valence-electron chi connectivity index (χ2n) is 7.64. The molecule has 2 heterocycles. The van der Waals surface area contributed by atoms with Gasteiger partial charge in [0.25, 0.3) is 0 Å². The number of sulfone groups is 1. The van der Waals surface area contributed by atoms with Gasteiger partial charge in [0.1, 0.15) is 6.07 Å². The standard InChI is InChI=1S/C21H24N4O3S/c1-21(2,29(27,28)19-6-4-3-5-16(19)15-22)17-9-13-25(14-10-17)20(26)24-18-7-11-23-12-8-18/h3-8,11-12,17H,9-10,13-14H2,1-2H3,(H,23,24,26). The third-order valence-corrected chi connectivity index (χ3v) is 8.34. The first-order chi connectivity index (χ1) is 13.8. The Labute approximate surface area is 171 Å². The number of anilines is 1. The molecule has 29 heavy (non-hydrogen) atoms. The van der Waals surface area contributed by atoms with Crippen LogP contribution in [-0.2, 0) is 9.84 Å². The van der Waals surface area contributed by atoms with Crippen molar-refractivity contribution >= 4 is 21.6 Å². The van der Waals surface area contributed by atoms with E-state index in [-0.39, 0.29) is 22.4 Å². The summed E-state index contributed by atoms with van der Waals surface area (Å²) in [7, 11) is -3.72. The molecule has 7 nitrogen and oxygen atoms in total. The van der Waals surface area contributed by atoms with Gasteiger partial charge in [-0.3, -0.25) is 4.98 Å². The average Bonchev–Trinajstić information content (AvgIpc) is 2.74. The number of rotatable bonds is 4. The normalized spacial score (nSPS) is 15.6. The van der Waals surface area contributed by atoms with E-state index in [1.54, 1.807) is 55.4 Å². The molecule has 1 aromatic carbocycles. The van der Waals surface area contributed by atoms with Gasteiger partial charge in [0, 0.05) is 31.2 Å². The van der Waals surface area contributed by atoms with E-state index in [0.29, 0.717) is 31.6 Å². The van der Waals surface area contributed by atoms with E-state index in [1.807, 2.05) is 6.07 Å². The van der Waals surface area contributed by atoms with Crippen LogP contribution in [0, 0.1) is 17.2 Å². The predicted molar refractivity (Wildman–Crippen MR) is 110 cm³/mol. The first kappa shape index (κ1) is 20.8. The molecule has 3 rings (SSSR count). The summed E-state index contributed by atoms with van der Waals surface area (Å²) in [5.74, 6) is -0.121. The number of benzene rings is 1. The molecule has 0 bridgehead atoms. The Morgan fingerprint density at radius 2 is 1.79 bits per heavy atom. The zero-order chi connectivity index (χ0) is 21.1. The minimum Gasteiger partial charge on any atom is -0.325 e. The Balaban J connectivity index is 1.71. The van der Waals surface area contributed by atoms with Crippen molar-refractivity contribution in [1.82, 2.24) is 9.88 Å². The number of carbonyl (C=O) groups is 1. The number of aromatic nitrogens is 1. The molecular formula is C21H24N4O3S. The minimum atomic E-state index is -3.72. The SMILES string of the molecule is CC(C)(C1CCN(C(=O)Nc2ccncc2)CC1)S(=O)(=O)c1ccccc1C#N. The molecule has 1 N–H and O–H groups in total. The van der Waals surface area contributed by atoms with Crippen molar-refractivity contribution in [2.45, 2.75) is 36.3 Å². The van der Waals surface area contributed by atoms with Crippen LogP contribution in [0.3, 0.4) is 0 Å². The number of nitrogens with one attached hydrogen (secondary N) is 1. The molecule has 0 unspecified atom stereocenters. The molecule has 1 aromatic heterocycles. The van der Waals surface area contributed by atoms with Crippen molar-refractivity contribution in [3.05, 3.63) is 54.4 Å². The highest BCUT2D eigenvalue weighted by atomic mass is 32.2. The molecule has 8 heteroatoms. The van der Waals surface area contributed by atoms with Crippen LogP contribution >= 0.6 is 0 Å². The van der Waals surface area contributed by atoms with Crippen LogP contribution in [-0.4, -0.2) is 42.2 Å². The number of pyridine rings is 1. The summed E-state index contributed by atoms with van der Waals surface area (Å²) in [5.41, 5.74) is 0.831. The molecular weight excluding hydrogens is 388 g/mol. The lowest BCUT2D eigenvalue weighted by molar-refractivity contribution is 0.171. The molecule has 0 atom stereocenters. The maximum atomic E-state index is 13.3. The zero-order valence-electron chi connectivity index (χ0n) is 16.5. The van der Waals surface area contributed by atoms with Gasteiger partial charge in [-0.15, -0.1) is 0 Å². The van der Waals surface area contributed by atoms with Gasteiger partial charge in [-0.05, 0) is 56.9 Å². The fourth-order valence-electron chi connectivity index (χ4n) is 3.71. The van der Waals surface area contributed by atoms with Crippen LogP contribution in [0.15, 0.2) is 53.7 Å². The van der Waals surface area contributed by atoms with Crippen molar-refractivity contribution in [1.29, 1.82) is 5.26 Å². The van der Waals surface area contributed by atoms with E-state index >= 15 is 0 Å². The van der Waals surface area contributed by atoms with Gasteiger partial charge in [-0.2, -0.15) is 5.26 Å². The molecule has 2 aromatic rings. The fraction of sp³-hybridized carbons (Fsp3) is 0.381. The van der Waals surface area contributed by atoms with E-state index in [0.717, 1.165) is 0 Å². The average molecular weight is 413 g/mol. The van der Waals surface area contributed by atoms with Crippen LogP contribution in [0.1, 0.15) is 32.3 Å². The maximum Gasteiger partial charge on any atom is 0.321 e. The van der Waals surface area contributed by atoms with Gasteiger partial charge < -0.3 is 10.2 Å². The zero-order valence-corrected chi connectivity index (χ0v) is 17.3. The van der Waals surface area contributed by atoms with Crippen molar-refractivity contribution in [2.24, 2.45) is 5.92 Å². The molecule has 0 aliphatic carbocycles. The summed E-state index contributed by atoms with van der Waals surface area (Å²) in [6, 6.07) is 11.5. The number of likely N-dealkylation sites (tertiary alicyclic amines) is 1. The summed E-state index contributed by atoms with van der Waals surface area (Å²) in [4.78, 5) is 18.2. The number of amides is 2. The van der Waals surface area contributed by atoms with Crippen molar-refractivity contribution in [2.75, 3.05) is 18.4 Å². The number of carbonyl (C=O) groups excluding carboxylic acids is 1. The van der Waals surface area contributed by atoms with E-state index in [2.05, 4.69) is 10.3 Å². The number of nitrogens with zero attached hydrogens (tertiary/aromatic N) is 3. The third kappa shape index (κ3) is 4.10. The Morgan fingerprint density at radius 1 is 1.17 bits per heavy atom. The van der Waals surface area contributed by atoms with Gasteiger partial charge in [0.05, 0.1) is 15.2 Å². The number of hydrogen-bond acceptors (Lipinski definition) is 5. The van der Waals surface area contributed by atoms with Crippen LogP contribution in [0.25, 0.3) is 0 Å². The topological polar surface area (TPSA) is 103 Å². The van der Waals surface area contributed by atoms with Crippen molar-refractivity contribution in [3.8, 4) is 6.07 Å². The monoisotopic (exact) mass is 412 g/mol. The summed E-state index contributed by atoms with van der Waals surface area (Å²) in [6.07, 6.45) is 4.36. The third-order valence-electron chi connectivity index (χ3n) is 5.69. The highest BCUT2D eigenvalue weighted by molar-refractivity contribution is 7.92. The van der Waals surface area contributed by atoms with E-state index in [9.17, 15) is 18.5 Å². The first-order valence-electron chi connectivity index (χ1n) is 9.47. The van der Waals surface area contributed by atoms with Crippen molar-refractivity contribution in [3.63, 3.8) is 0 Å². The highest BCUT2D eigenvalue weighted by Crippen LogP contribution is 2.38. The molecule has 0 radical (unpaired) electrons. The number of nitriles is 1. The van der Waals surface area contributed by atoms with Gasteiger partial charge in [0.15, 0.2) is 9.84 Å². The summed E-state index contributed by atoms with van der Waals surface area (Å²) in [5, 5.41) is 12.1. The molecule has 1 saturated heterocycles. The minimum absolute atomic E-state index is 0.0744. The number of hydrogen-bond donors (Lipinski definition) is 1. The molecule has 1 fully saturated rings. The Kier molecular flexibility index (Phi) is 5.89. The second kappa shape index (κ2) is 8.21. The van der Waals surface area contributed by atoms with Crippen LogP contribution in [0.5, 0.6) is 0 Å². The van der Waals surface area contributed by atoms with Crippen LogP contribution in [0.2, 0.25) is 0 Å². The summed E-state index contributed by atoms with van der Waals surface area (Å²) < 4.78 is 25.6. The Morgan fingerprint density at radius 3 is 2.41 bits per heavy atom. The number of piperidine rings is 1. The smallest absolute Gasteiger partial charge is 0.321 e. The fourth-order valence-corrected chi connectivity index (χ4v) is 5.61. The van der Waals surface area contributed by atoms with E-state index < -0.39 is 14.6 Å². The lowest BCUT2D eigenvalue weighted by atomic mass is 9.86. The highest BCUT2D eigenvalue weighted by Gasteiger charge is 2.45. The summed E-state index contributed by atoms with van der Waals surface area (Å²) in [6.45, 7) is 4.38. The Hall–Kier alpha value is -2.92. The van der Waals surface area contributed by atoms with Gasteiger partial charge >= 0.3 is 6.03 Å². The largest absolute Gasteiger partial charge is 0.325 e. The number of urea groups is 1. The van der Waals surface area contributed by atoms with E-state index in [1.165, 1.54) is 12.1 Å². The Bertz CT molecular complexity index is 1020. The van der Waals surface area contributed by atoms with Gasteiger partial charge in [-0.25, -0.2) is 13.2 Å². The van der Waals surface area contributed by atoms with Crippen LogP contribution < -0.4 is 5.32 Å². The molecule has 152 valence electrons. The second-order valence-corrected chi connectivity index (χ2v) is 10.1. The van der Waals surface area contributed by atoms with E-state index in [4.69, 9.17) is 0 Å². The maximum absolute atomic E-state index is 13.3. The molecule has 0 saturated carbocycles. The molecule has 0 spiro atoms. The molecule has 2 amide bonds. The van der Waals surface area contributed by atoms with Crippen molar-refractivity contribution < 1.29 is 13.2 Å². The van der Waals surface area contributed by atoms with Crippen LogP contribution in [0.4, 0.5) is 10.5 Å². The molecule has 1 aliphatic rings. The quantitative estimate of drug-likeness (QED) is 0.828. The predicted octanol–water partition coefficient (Wildman–Crippen LogP) is 3.45. The summed E-state index contributed by atoms with van der Waals surface area (Å²) >= 11 is 0. The van der Waals surface area contributed by atoms with Gasteiger partial charge in [0.2, 0.25) is 0 Å².